The van der Waals surface area contributed by atoms with Crippen molar-refractivity contribution in [1.29, 1.82) is 0 Å². The predicted octanol–water partition coefficient (Wildman–Crippen LogP) is 0.498. The van der Waals surface area contributed by atoms with Crippen molar-refractivity contribution < 1.29 is 9.53 Å². The van der Waals surface area contributed by atoms with E-state index in [4.69, 9.17) is 4.74 Å². The standard InChI is InChI=1S/C10H14N6O2/c1-4-18-10-12-9(13-14-10)11-8(17)7-5-6(2)15-16(7)3/h5H,4H2,1-3H3,(H2,11,12,13,14,17). The Morgan fingerprint density at radius 3 is 3.00 bits per heavy atom. The van der Waals surface area contributed by atoms with Crippen molar-refractivity contribution in [3.05, 3.63) is 17.5 Å². The van der Waals surface area contributed by atoms with Gasteiger partial charge < -0.3 is 4.74 Å². The number of amides is 1. The molecule has 2 rings (SSSR count). The number of rotatable bonds is 4. The van der Waals surface area contributed by atoms with Crippen molar-refractivity contribution in [2.45, 2.75) is 13.8 Å². The highest BCUT2D eigenvalue weighted by Gasteiger charge is 2.14. The van der Waals surface area contributed by atoms with Crippen molar-refractivity contribution in [2.24, 2.45) is 7.05 Å². The molecule has 0 atom stereocenters. The molecule has 18 heavy (non-hydrogen) atoms. The van der Waals surface area contributed by atoms with Crippen molar-refractivity contribution >= 4 is 11.9 Å². The molecular formula is C10H14N6O2. The molecule has 1 amide bonds. The van der Waals surface area contributed by atoms with Crippen LogP contribution in [0.4, 0.5) is 5.95 Å². The van der Waals surface area contributed by atoms with Gasteiger partial charge in [-0.15, -0.1) is 5.10 Å². The number of aromatic nitrogens is 5. The summed E-state index contributed by atoms with van der Waals surface area (Å²) >= 11 is 0. The van der Waals surface area contributed by atoms with E-state index < -0.39 is 0 Å². The van der Waals surface area contributed by atoms with E-state index in [1.165, 1.54) is 4.68 Å². The van der Waals surface area contributed by atoms with Crippen LogP contribution in [0.5, 0.6) is 6.01 Å². The van der Waals surface area contributed by atoms with Gasteiger partial charge in [-0.1, -0.05) is 0 Å². The van der Waals surface area contributed by atoms with Crippen LogP contribution in [0.25, 0.3) is 0 Å². The fourth-order valence-corrected chi connectivity index (χ4v) is 1.49. The molecule has 0 saturated carbocycles. The third-order valence-electron chi connectivity index (χ3n) is 2.20. The summed E-state index contributed by atoms with van der Waals surface area (Å²) in [7, 11) is 1.70. The van der Waals surface area contributed by atoms with Crippen LogP contribution in [0, 0.1) is 6.92 Å². The molecule has 0 spiro atoms. The van der Waals surface area contributed by atoms with Gasteiger partial charge >= 0.3 is 6.01 Å². The van der Waals surface area contributed by atoms with Crippen LogP contribution in [0.1, 0.15) is 23.1 Å². The van der Waals surface area contributed by atoms with Crippen molar-refractivity contribution in [3.8, 4) is 6.01 Å². The molecule has 8 heteroatoms. The van der Waals surface area contributed by atoms with Gasteiger partial charge in [0, 0.05) is 7.05 Å². The summed E-state index contributed by atoms with van der Waals surface area (Å²) in [6.45, 7) is 4.11. The van der Waals surface area contributed by atoms with Gasteiger partial charge in [-0.05, 0) is 19.9 Å². The average Bonchev–Trinajstić information content (AvgIpc) is 2.86. The van der Waals surface area contributed by atoms with E-state index in [2.05, 4.69) is 25.6 Å². The summed E-state index contributed by atoms with van der Waals surface area (Å²) in [5.74, 6) is -0.0698. The Hall–Kier alpha value is -2.38. The fourth-order valence-electron chi connectivity index (χ4n) is 1.49. The number of aromatic amines is 1. The Bertz CT molecular complexity index is 558. The largest absolute Gasteiger partial charge is 0.463 e. The summed E-state index contributed by atoms with van der Waals surface area (Å²) < 4.78 is 6.58. The second kappa shape index (κ2) is 4.86. The van der Waals surface area contributed by atoms with Crippen LogP contribution in [0.3, 0.4) is 0 Å². The monoisotopic (exact) mass is 250 g/mol. The topological polar surface area (TPSA) is 97.7 Å². The van der Waals surface area contributed by atoms with Crippen LogP contribution >= 0.6 is 0 Å². The second-order valence-electron chi connectivity index (χ2n) is 3.65. The van der Waals surface area contributed by atoms with Crippen LogP contribution in [0.2, 0.25) is 0 Å². The van der Waals surface area contributed by atoms with Gasteiger partial charge in [0.05, 0.1) is 12.3 Å². The molecule has 2 aromatic heterocycles. The van der Waals surface area contributed by atoms with E-state index in [-0.39, 0.29) is 17.9 Å². The van der Waals surface area contributed by atoms with Gasteiger partial charge in [0.25, 0.3) is 5.91 Å². The molecule has 2 aromatic rings. The molecule has 0 fully saturated rings. The molecule has 2 N–H and O–H groups in total. The smallest absolute Gasteiger partial charge is 0.337 e. The molecule has 0 aromatic carbocycles. The molecule has 0 saturated heterocycles. The summed E-state index contributed by atoms with van der Waals surface area (Å²) in [6, 6.07) is 1.89. The number of hydrogen-bond acceptors (Lipinski definition) is 5. The maximum atomic E-state index is 11.9. The maximum Gasteiger partial charge on any atom is 0.337 e. The lowest BCUT2D eigenvalue weighted by Crippen LogP contribution is -2.16. The van der Waals surface area contributed by atoms with Crippen molar-refractivity contribution in [3.63, 3.8) is 0 Å². The lowest BCUT2D eigenvalue weighted by molar-refractivity contribution is 0.101. The molecule has 0 unspecified atom stereocenters. The minimum atomic E-state index is -0.308. The van der Waals surface area contributed by atoms with E-state index in [1.807, 2.05) is 13.8 Å². The number of nitrogens with zero attached hydrogens (tertiary/aromatic N) is 4. The van der Waals surface area contributed by atoms with Crippen LogP contribution in [-0.4, -0.2) is 37.5 Å². The van der Waals surface area contributed by atoms with Crippen LogP contribution in [0.15, 0.2) is 6.07 Å². The zero-order valence-electron chi connectivity index (χ0n) is 10.4. The lowest BCUT2D eigenvalue weighted by atomic mass is 10.3. The first-order valence-corrected chi connectivity index (χ1v) is 5.47. The Labute approximate surface area is 103 Å². The molecule has 0 bridgehead atoms. The number of aryl methyl sites for hydroxylation is 2. The van der Waals surface area contributed by atoms with Crippen molar-refractivity contribution in [1.82, 2.24) is 25.0 Å². The molecule has 96 valence electrons. The minimum Gasteiger partial charge on any atom is -0.463 e. The number of hydrogen-bond donors (Lipinski definition) is 2. The molecule has 2 heterocycles. The first-order valence-electron chi connectivity index (χ1n) is 5.47. The average molecular weight is 250 g/mol. The molecule has 0 aliphatic heterocycles. The molecule has 0 aliphatic carbocycles. The maximum absolute atomic E-state index is 11.9. The highest BCUT2D eigenvalue weighted by Crippen LogP contribution is 2.08. The lowest BCUT2D eigenvalue weighted by Gasteiger charge is -2.00. The number of ether oxygens (including phenoxy) is 1. The first-order chi connectivity index (χ1) is 8.60. The van der Waals surface area contributed by atoms with Gasteiger partial charge in [-0.25, -0.2) is 5.10 Å². The number of nitrogens with one attached hydrogen (secondary N) is 2. The van der Waals surface area contributed by atoms with Crippen molar-refractivity contribution in [2.75, 3.05) is 11.9 Å². The van der Waals surface area contributed by atoms with Gasteiger partial charge in [-0.2, -0.15) is 10.1 Å². The minimum absolute atomic E-state index is 0.203. The van der Waals surface area contributed by atoms with E-state index >= 15 is 0 Å². The Morgan fingerprint density at radius 1 is 1.61 bits per heavy atom. The fraction of sp³-hybridized carbons (Fsp3) is 0.400. The zero-order valence-corrected chi connectivity index (χ0v) is 10.4. The van der Waals surface area contributed by atoms with Gasteiger partial charge in [0.1, 0.15) is 5.69 Å². The Kier molecular flexibility index (Phi) is 3.26. The number of H-pyrrole nitrogens is 1. The number of carbonyl (C=O) groups is 1. The SMILES string of the molecule is CCOc1n[nH]c(NC(=O)c2cc(C)nn2C)n1. The Balaban J connectivity index is 2.08. The summed E-state index contributed by atoms with van der Waals surface area (Å²) in [5, 5.41) is 13.0. The van der Waals surface area contributed by atoms with E-state index in [1.54, 1.807) is 13.1 Å². The molecule has 0 aliphatic rings. The van der Waals surface area contributed by atoms with E-state index in [0.717, 1.165) is 5.69 Å². The zero-order chi connectivity index (χ0) is 13.1. The number of anilines is 1. The van der Waals surface area contributed by atoms with Gasteiger partial charge in [-0.3, -0.25) is 14.8 Å². The predicted molar refractivity (Wildman–Crippen MR) is 63.4 cm³/mol. The van der Waals surface area contributed by atoms with Crippen LogP contribution in [-0.2, 0) is 7.05 Å². The highest BCUT2D eigenvalue weighted by molar-refractivity contribution is 6.02. The second-order valence-corrected chi connectivity index (χ2v) is 3.65. The normalized spacial score (nSPS) is 10.4. The van der Waals surface area contributed by atoms with Gasteiger partial charge in [0.15, 0.2) is 0 Å². The first kappa shape index (κ1) is 12.1. The molecule has 0 radical (unpaired) electrons. The third-order valence-corrected chi connectivity index (χ3v) is 2.20. The van der Waals surface area contributed by atoms with E-state index in [9.17, 15) is 4.79 Å². The third kappa shape index (κ3) is 2.47. The number of carbonyl (C=O) groups excluding carboxylic acids is 1. The molecular weight excluding hydrogens is 236 g/mol. The van der Waals surface area contributed by atoms with Crippen LogP contribution < -0.4 is 10.1 Å². The summed E-state index contributed by atoms with van der Waals surface area (Å²) in [4.78, 5) is 15.9. The quantitative estimate of drug-likeness (QED) is 0.823. The highest BCUT2D eigenvalue weighted by atomic mass is 16.5. The summed E-state index contributed by atoms with van der Waals surface area (Å²) in [6.07, 6.45) is 0. The summed E-state index contributed by atoms with van der Waals surface area (Å²) in [5.41, 5.74) is 1.22. The molecule has 8 nitrogen and oxygen atoms in total. The van der Waals surface area contributed by atoms with Gasteiger partial charge in [0.2, 0.25) is 5.95 Å². The van der Waals surface area contributed by atoms with E-state index in [0.29, 0.717) is 12.3 Å². The Morgan fingerprint density at radius 2 is 2.39 bits per heavy atom.